The molecule has 0 unspecified atom stereocenters. The topological polar surface area (TPSA) is 339 Å². The van der Waals surface area contributed by atoms with Crippen molar-refractivity contribution in [3.05, 3.63) is 70.4 Å². The maximum absolute atomic E-state index is 13.7. The number of phenolic OH excluding ortho intramolecular Hbond substituents is 6. The number of ether oxygens (including phenoxy) is 4. The largest absolute Gasteiger partial charge is 0.508 e. The van der Waals surface area contributed by atoms with Crippen molar-refractivity contribution in [1.29, 1.82) is 0 Å². The molecule has 20 nitrogen and oxygen atoms in total. The van der Waals surface area contributed by atoms with Gasteiger partial charge in [-0.1, -0.05) is 6.07 Å². The number of aliphatic hydroxyl groups is 6. The summed E-state index contributed by atoms with van der Waals surface area (Å²) in [6.07, 6.45) is -14.4. The molecule has 3 aromatic carbocycles. The molecule has 56 heavy (non-hydrogen) atoms. The number of benzene rings is 3. The van der Waals surface area contributed by atoms with Crippen LogP contribution in [0.1, 0.15) is 5.56 Å². The fraction of sp³-hybridized carbons (Fsp3) is 0.333. The number of nitrogens with one attached hydrogen (secondary N) is 1. The van der Waals surface area contributed by atoms with E-state index < -0.39 is 132 Å². The monoisotopic (exact) mass is 787 g/mol. The number of hydrogen-bond acceptors (Lipinski definition) is 19. The van der Waals surface area contributed by atoms with Gasteiger partial charge >= 0.3 is 0 Å². The zero-order valence-electron chi connectivity index (χ0n) is 28.7. The van der Waals surface area contributed by atoms with E-state index in [-0.39, 0.29) is 16.9 Å². The standard InChI is InChI=1S/C36H37NO19/c38-11-22-26(37-24(46)6-2-13-1-4-16(41)18(43)7-13)28(48)30(50)35(53-22)55-33-23(12-39)54-36(31(51)29(33)49)56-34-27(47)25-20(45)9-15(40)10-21(25)52-32(34)14-3-5-17(42)19(44)8-14/h1-10,22-23,26,28-31,33,35-36,38-45,48-51H,11-12H2,(H,37,46)/b6-2+/t22-,23-,26+,28+,29-,30-,31-,33-,35+,36+/m1/s1. The van der Waals surface area contributed by atoms with E-state index in [0.29, 0.717) is 5.56 Å². The van der Waals surface area contributed by atoms with Crippen LogP contribution in [0.25, 0.3) is 28.4 Å². The van der Waals surface area contributed by atoms with Crippen LogP contribution in [0, 0.1) is 0 Å². The highest BCUT2D eigenvalue weighted by atomic mass is 16.7. The summed E-state index contributed by atoms with van der Waals surface area (Å²) >= 11 is 0. The molecule has 0 bridgehead atoms. The Labute approximate surface area is 314 Å². The van der Waals surface area contributed by atoms with Crippen molar-refractivity contribution in [1.82, 2.24) is 5.32 Å². The maximum atomic E-state index is 13.7. The summed E-state index contributed by atoms with van der Waals surface area (Å²) in [4.78, 5) is 26.4. The number of amides is 1. The van der Waals surface area contributed by atoms with Crippen LogP contribution < -0.4 is 15.5 Å². The van der Waals surface area contributed by atoms with Crippen LogP contribution in [0.4, 0.5) is 0 Å². The second-order valence-electron chi connectivity index (χ2n) is 12.9. The Kier molecular flexibility index (Phi) is 11.6. The molecule has 2 aliphatic heterocycles. The van der Waals surface area contributed by atoms with Crippen LogP contribution in [0.2, 0.25) is 0 Å². The van der Waals surface area contributed by atoms with Gasteiger partial charge in [-0.2, -0.15) is 0 Å². The van der Waals surface area contributed by atoms with Crippen molar-refractivity contribution < 1.29 is 89.4 Å². The average Bonchev–Trinajstić information content (AvgIpc) is 3.16. The van der Waals surface area contributed by atoms with Crippen molar-refractivity contribution in [2.45, 2.75) is 61.3 Å². The first kappa shape index (κ1) is 40.0. The molecule has 2 saturated heterocycles. The molecule has 2 aliphatic rings. The second kappa shape index (κ2) is 16.2. The molecule has 1 aromatic heterocycles. The van der Waals surface area contributed by atoms with Crippen molar-refractivity contribution in [2.24, 2.45) is 0 Å². The summed E-state index contributed by atoms with van der Waals surface area (Å²) in [7, 11) is 0. The highest BCUT2D eigenvalue weighted by molar-refractivity contribution is 5.92. The number of carbonyl (C=O) groups excluding carboxylic acids is 1. The number of aliphatic hydroxyl groups excluding tert-OH is 6. The summed E-state index contributed by atoms with van der Waals surface area (Å²) in [5.74, 6) is -5.22. The van der Waals surface area contributed by atoms with E-state index in [9.17, 15) is 70.9 Å². The molecule has 0 spiro atoms. The normalized spacial score (nSPS) is 28.0. The number of hydrogen-bond donors (Lipinski definition) is 13. The Hall–Kier alpha value is -5.68. The van der Waals surface area contributed by atoms with Gasteiger partial charge in [0.2, 0.25) is 23.4 Å². The lowest BCUT2D eigenvalue weighted by Crippen LogP contribution is -2.67. The van der Waals surface area contributed by atoms with Gasteiger partial charge in [0, 0.05) is 23.8 Å². The quantitative estimate of drug-likeness (QED) is 0.0645. The summed E-state index contributed by atoms with van der Waals surface area (Å²) in [5.41, 5.74) is -1.16. The lowest BCUT2D eigenvalue weighted by molar-refractivity contribution is -0.344. The van der Waals surface area contributed by atoms with E-state index in [1.165, 1.54) is 30.3 Å². The SMILES string of the molecule is O=C(/C=C/c1ccc(O)c(O)c1)N[C@@H]1[C@H](O)[C@@H](O)[C@H](O[C@H]2[C@H](O)[C@@H](O)[C@H](Oc3c(-c4ccc(O)c(O)c4)oc4cc(O)cc(O)c4c3=O)O[C@@H]2CO)O[C@@H]1CO. The van der Waals surface area contributed by atoms with Crippen molar-refractivity contribution in [3.63, 3.8) is 0 Å². The van der Waals surface area contributed by atoms with Crippen LogP contribution in [0.15, 0.2) is 63.8 Å². The number of carbonyl (C=O) groups is 1. The Balaban J connectivity index is 1.20. The minimum Gasteiger partial charge on any atom is -0.508 e. The Morgan fingerprint density at radius 1 is 0.732 bits per heavy atom. The first-order valence-corrected chi connectivity index (χ1v) is 16.7. The molecular weight excluding hydrogens is 750 g/mol. The number of rotatable bonds is 10. The van der Waals surface area contributed by atoms with E-state index in [2.05, 4.69) is 5.32 Å². The Bertz CT molecular complexity index is 2170. The lowest BCUT2D eigenvalue weighted by Gasteiger charge is -2.46. The van der Waals surface area contributed by atoms with Gasteiger partial charge in [0.15, 0.2) is 35.0 Å². The van der Waals surface area contributed by atoms with E-state index in [1.54, 1.807) is 0 Å². The molecule has 6 rings (SSSR count). The van der Waals surface area contributed by atoms with Crippen LogP contribution >= 0.6 is 0 Å². The molecule has 13 N–H and O–H groups in total. The van der Waals surface area contributed by atoms with Gasteiger partial charge in [-0.25, -0.2) is 0 Å². The minimum absolute atomic E-state index is 0.0773. The van der Waals surface area contributed by atoms with Gasteiger partial charge in [0.1, 0.15) is 65.2 Å². The third-order valence-electron chi connectivity index (χ3n) is 9.12. The zero-order chi connectivity index (χ0) is 40.6. The van der Waals surface area contributed by atoms with E-state index in [0.717, 1.165) is 30.3 Å². The number of fused-ring (bicyclic) bond motifs is 1. The molecular formula is C36H37NO19. The first-order chi connectivity index (χ1) is 26.6. The Morgan fingerprint density at radius 3 is 2.04 bits per heavy atom. The van der Waals surface area contributed by atoms with E-state index in [4.69, 9.17) is 23.4 Å². The van der Waals surface area contributed by atoms with Gasteiger partial charge in [-0.05, 0) is 42.0 Å². The summed E-state index contributed by atoms with van der Waals surface area (Å²) in [6, 6.07) is 7.44. The molecule has 3 heterocycles. The fourth-order valence-corrected chi connectivity index (χ4v) is 6.23. The van der Waals surface area contributed by atoms with Gasteiger partial charge < -0.3 is 90.0 Å². The Morgan fingerprint density at radius 2 is 1.38 bits per heavy atom. The molecule has 4 aromatic rings. The van der Waals surface area contributed by atoms with Crippen LogP contribution in [0.5, 0.6) is 40.2 Å². The summed E-state index contributed by atoms with van der Waals surface area (Å²) in [5, 5.41) is 126. The number of aromatic hydroxyl groups is 6. The highest BCUT2D eigenvalue weighted by Gasteiger charge is 2.52. The van der Waals surface area contributed by atoms with E-state index in [1.807, 2.05) is 0 Å². The molecule has 2 fully saturated rings. The lowest BCUT2D eigenvalue weighted by atomic mass is 9.95. The smallest absolute Gasteiger partial charge is 0.244 e. The molecule has 0 saturated carbocycles. The molecule has 20 heteroatoms. The van der Waals surface area contributed by atoms with Gasteiger partial charge in [-0.3, -0.25) is 9.59 Å². The van der Waals surface area contributed by atoms with Gasteiger partial charge in [0.05, 0.1) is 19.3 Å². The number of phenols is 6. The van der Waals surface area contributed by atoms with Crippen LogP contribution in [-0.2, 0) is 19.0 Å². The minimum atomic E-state index is -2.11. The molecule has 0 radical (unpaired) electrons. The molecule has 300 valence electrons. The van der Waals surface area contributed by atoms with Gasteiger partial charge in [-0.15, -0.1) is 0 Å². The first-order valence-electron chi connectivity index (χ1n) is 16.7. The van der Waals surface area contributed by atoms with E-state index >= 15 is 0 Å². The fourth-order valence-electron chi connectivity index (χ4n) is 6.23. The second-order valence-corrected chi connectivity index (χ2v) is 12.9. The zero-order valence-corrected chi connectivity index (χ0v) is 28.7. The predicted octanol–water partition coefficient (Wildman–Crippen LogP) is -1.47. The third kappa shape index (κ3) is 7.86. The highest BCUT2D eigenvalue weighted by Crippen LogP contribution is 2.40. The predicted molar refractivity (Wildman–Crippen MR) is 186 cm³/mol. The van der Waals surface area contributed by atoms with Crippen molar-refractivity contribution in [2.75, 3.05) is 13.2 Å². The molecule has 0 aliphatic carbocycles. The van der Waals surface area contributed by atoms with Crippen molar-refractivity contribution >= 4 is 23.0 Å². The maximum Gasteiger partial charge on any atom is 0.244 e. The summed E-state index contributed by atoms with van der Waals surface area (Å²) in [6.45, 7) is -1.78. The van der Waals surface area contributed by atoms with Crippen LogP contribution in [0.3, 0.4) is 0 Å². The average molecular weight is 788 g/mol. The summed E-state index contributed by atoms with van der Waals surface area (Å²) < 4.78 is 28.5. The van der Waals surface area contributed by atoms with Gasteiger partial charge in [0.25, 0.3) is 0 Å². The van der Waals surface area contributed by atoms with Crippen LogP contribution in [-0.4, -0.2) is 142 Å². The van der Waals surface area contributed by atoms with Crippen molar-refractivity contribution in [3.8, 4) is 51.6 Å². The molecule has 10 atom stereocenters. The third-order valence-corrected chi connectivity index (χ3v) is 9.12. The molecule has 1 amide bonds.